The number of alkyl halides is 6. The fraction of sp³-hybridized carbons (Fsp3) is 0.400. The maximum absolute atomic E-state index is 12.7. The highest BCUT2D eigenvalue weighted by Crippen LogP contribution is 2.36. The van der Waals surface area contributed by atoms with Gasteiger partial charge in [-0.2, -0.15) is 13.2 Å². The normalized spacial score (nSPS) is 19.0. The van der Waals surface area contributed by atoms with E-state index < -0.39 is 36.4 Å². The van der Waals surface area contributed by atoms with Gasteiger partial charge in [-0.15, -0.1) is 13.2 Å². The average molecular weight is 353 g/mol. The van der Waals surface area contributed by atoms with Gasteiger partial charge in [0.1, 0.15) is 5.75 Å². The van der Waals surface area contributed by atoms with E-state index in [4.69, 9.17) is 0 Å². The Hall–Kier alpha value is -2.19. The van der Waals surface area contributed by atoms with Crippen molar-refractivity contribution in [3.8, 4) is 5.75 Å². The number of halogens is 6. The van der Waals surface area contributed by atoms with Gasteiger partial charge in [0.15, 0.2) is 5.78 Å². The molecular formula is C15H13F6NO2. The van der Waals surface area contributed by atoms with Gasteiger partial charge in [0.25, 0.3) is 0 Å². The Labute approximate surface area is 133 Å². The van der Waals surface area contributed by atoms with Gasteiger partial charge in [-0.1, -0.05) is 12.1 Å². The van der Waals surface area contributed by atoms with Gasteiger partial charge in [-0.05, 0) is 24.1 Å². The van der Waals surface area contributed by atoms with Crippen LogP contribution in [0.25, 0.3) is 0 Å². The molecule has 1 aromatic carbocycles. The highest BCUT2D eigenvalue weighted by Gasteiger charge is 2.42. The molecule has 3 nitrogen and oxygen atoms in total. The van der Waals surface area contributed by atoms with Crippen molar-refractivity contribution >= 4 is 5.78 Å². The van der Waals surface area contributed by atoms with E-state index in [2.05, 4.69) is 10.1 Å². The minimum Gasteiger partial charge on any atom is -0.406 e. The number of carbonyl (C=O) groups is 1. The zero-order chi connectivity index (χ0) is 18.0. The first-order valence-corrected chi connectivity index (χ1v) is 6.91. The molecule has 1 aliphatic carbocycles. The summed E-state index contributed by atoms with van der Waals surface area (Å²) in [5, 5.41) is 2.66. The fourth-order valence-electron chi connectivity index (χ4n) is 2.32. The van der Waals surface area contributed by atoms with Crippen LogP contribution in [0.3, 0.4) is 0 Å². The lowest BCUT2D eigenvalue weighted by Crippen LogP contribution is -2.31. The van der Waals surface area contributed by atoms with Crippen LogP contribution >= 0.6 is 0 Å². The highest BCUT2D eigenvalue weighted by atomic mass is 19.4. The van der Waals surface area contributed by atoms with Crippen LogP contribution in [0, 0.1) is 5.92 Å². The van der Waals surface area contributed by atoms with Gasteiger partial charge in [0, 0.05) is 24.7 Å². The van der Waals surface area contributed by atoms with Gasteiger partial charge >= 0.3 is 12.5 Å². The molecule has 0 fully saturated rings. The SMILES string of the molecule is O=C1C=C(NCc2cccc(OC(F)(F)F)c2)CC(C(F)(F)F)C1. The summed E-state index contributed by atoms with van der Waals surface area (Å²) < 4.78 is 78.4. The number of hydrogen-bond acceptors (Lipinski definition) is 3. The molecule has 0 spiro atoms. The molecule has 0 bridgehead atoms. The van der Waals surface area contributed by atoms with Crippen LogP contribution in [0.5, 0.6) is 5.75 Å². The molecule has 0 aromatic heterocycles. The second kappa shape index (κ2) is 6.74. The van der Waals surface area contributed by atoms with E-state index in [1.54, 1.807) is 0 Å². The largest absolute Gasteiger partial charge is 0.573 e. The molecule has 0 saturated heterocycles. The van der Waals surface area contributed by atoms with Crippen molar-refractivity contribution in [2.75, 3.05) is 0 Å². The van der Waals surface area contributed by atoms with E-state index in [1.807, 2.05) is 0 Å². The number of nitrogens with one attached hydrogen (secondary N) is 1. The lowest BCUT2D eigenvalue weighted by molar-refractivity contribution is -0.274. The van der Waals surface area contributed by atoms with Crippen molar-refractivity contribution in [2.24, 2.45) is 5.92 Å². The molecular weight excluding hydrogens is 340 g/mol. The monoisotopic (exact) mass is 353 g/mol. The third kappa shape index (κ3) is 5.47. The van der Waals surface area contributed by atoms with E-state index in [0.29, 0.717) is 5.56 Å². The molecule has 1 unspecified atom stereocenters. The molecule has 24 heavy (non-hydrogen) atoms. The van der Waals surface area contributed by atoms with Crippen LogP contribution in [0.4, 0.5) is 26.3 Å². The highest BCUT2D eigenvalue weighted by molar-refractivity contribution is 5.91. The Bertz CT molecular complexity index is 636. The van der Waals surface area contributed by atoms with Crippen LogP contribution in [0.15, 0.2) is 36.0 Å². The topological polar surface area (TPSA) is 38.3 Å². The summed E-state index contributed by atoms with van der Waals surface area (Å²) in [6.07, 6.45) is -9.17. The molecule has 9 heteroatoms. The van der Waals surface area contributed by atoms with Crippen molar-refractivity contribution in [2.45, 2.75) is 31.9 Å². The quantitative estimate of drug-likeness (QED) is 0.829. The molecule has 2 rings (SSSR count). The van der Waals surface area contributed by atoms with Crippen LogP contribution in [-0.4, -0.2) is 18.3 Å². The summed E-state index contributed by atoms with van der Waals surface area (Å²) in [7, 11) is 0. The summed E-state index contributed by atoms with van der Waals surface area (Å²) in [6.45, 7) is -0.0290. The zero-order valence-electron chi connectivity index (χ0n) is 12.2. The Morgan fingerprint density at radius 1 is 1.12 bits per heavy atom. The van der Waals surface area contributed by atoms with E-state index in [0.717, 1.165) is 18.2 Å². The molecule has 0 heterocycles. The molecule has 0 radical (unpaired) electrons. The zero-order valence-corrected chi connectivity index (χ0v) is 12.2. The third-order valence-corrected chi connectivity index (χ3v) is 3.36. The first-order valence-electron chi connectivity index (χ1n) is 6.91. The van der Waals surface area contributed by atoms with E-state index in [9.17, 15) is 31.1 Å². The first kappa shape index (κ1) is 18.2. The minimum absolute atomic E-state index is 0.0290. The van der Waals surface area contributed by atoms with Crippen LogP contribution < -0.4 is 10.1 Å². The molecule has 1 atom stereocenters. The standard InChI is InChI=1S/C15H13F6NO2/c16-14(17,18)10-5-11(7-12(23)6-10)22-8-9-2-1-3-13(4-9)24-15(19,20)21/h1-4,7,10,22H,5-6,8H2. The summed E-state index contributed by atoms with van der Waals surface area (Å²) >= 11 is 0. The van der Waals surface area contributed by atoms with Crippen molar-refractivity contribution < 1.29 is 35.9 Å². The third-order valence-electron chi connectivity index (χ3n) is 3.36. The Morgan fingerprint density at radius 3 is 2.46 bits per heavy atom. The number of ketones is 1. The van der Waals surface area contributed by atoms with Crippen LogP contribution in [-0.2, 0) is 11.3 Å². The Kier molecular flexibility index (Phi) is 5.10. The lowest BCUT2D eigenvalue weighted by Gasteiger charge is -2.25. The van der Waals surface area contributed by atoms with E-state index in [-0.39, 0.29) is 18.7 Å². The molecule has 0 saturated carbocycles. The molecule has 1 aromatic rings. The van der Waals surface area contributed by atoms with E-state index >= 15 is 0 Å². The summed E-state index contributed by atoms with van der Waals surface area (Å²) in [4.78, 5) is 11.4. The average Bonchev–Trinajstić information content (AvgIpc) is 2.42. The minimum atomic E-state index is -4.83. The second-order valence-electron chi connectivity index (χ2n) is 5.33. The second-order valence-corrected chi connectivity index (χ2v) is 5.33. The van der Waals surface area contributed by atoms with Crippen molar-refractivity contribution in [1.82, 2.24) is 5.32 Å². The number of ether oxygens (including phenoxy) is 1. The maximum atomic E-state index is 12.7. The number of hydrogen-bond donors (Lipinski definition) is 1. The van der Waals surface area contributed by atoms with Gasteiger partial charge in [-0.25, -0.2) is 0 Å². The van der Waals surface area contributed by atoms with Crippen LogP contribution in [0.2, 0.25) is 0 Å². The lowest BCUT2D eigenvalue weighted by atomic mass is 9.90. The molecule has 1 N–H and O–H groups in total. The van der Waals surface area contributed by atoms with Gasteiger partial charge in [0.05, 0.1) is 5.92 Å². The molecule has 132 valence electrons. The van der Waals surface area contributed by atoms with Crippen molar-refractivity contribution in [1.29, 1.82) is 0 Å². The molecule has 1 aliphatic rings. The summed E-state index contributed by atoms with van der Waals surface area (Å²) in [6, 6.07) is 5.05. The number of carbonyl (C=O) groups excluding carboxylic acids is 1. The van der Waals surface area contributed by atoms with Crippen molar-refractivity contribution in [3.05, 3.63) is 41.6 Å². The van der Waals surface area contributed by atoms with E-state index in [1.165, 1.54) is 12.1 Å². The number of rotatable bonds is 4. The first-order chi connectivity index (χ1) is 11.0. The molecule has 0 aliphatic heterocycles. The molecule has 0 amide bonds. The predicted molar refractivity (Wildman–Crippen MR) is 71.8 cm³/mol. The van der Waals surface area contributed by atoms with Gasteiger partial charge in [0.2, 0.25) is 0 Å². The predicted octanol–water partition coefficient (Wildman–Crippen LogP) is 4.10. The van der Waals surface area contributed by atoms with Crippen molar-refractivity contribution in [3.63, 3.8) is 0 Å². The fourth-order valence-corrected chi connectivity index (χ4v) is 2.32. The Morgan fingerprint density at radius 2 is 1.83 bits per heavy atom. The van der Waals surface area contributed by atoms with Gasteiger partial charge in [-0.3, -0.25) is 4.79 Å². The van der Waals surface area contributed by atoms with Crippen LogP contribution in [0.1, 0.15) is 18.4 Å². The summed E-state index contributed by atoms with van der Waals surface area (Å²) in [5.41, 5.74) is 0.481. The maximum Gasteiger partial charge on any atom is 0.573 e. The smallest absolute Gasteiger partial charge is 0.406 e. The van der Waals surface area contributed by atoms with Gasteiger partial charge < -0.3 is 10.1 Å². The number of allylic oxidation sites excluding steroid dienone is 2. The Balaban J connectivity index is 2.00. The number of benzene rings is 1. The summed E-state index contributed by atoms with van der Waals surface area (Å²) in [5.74, 6) is -2.82.